The highest BCUT2D eigenvalue weighted by molar-refractivity contribution is 9.10. The molecule has 0 saturated heterocycles. The van der Waals surface area contributed by atoms with Crippen LogP contribution in [0.1, 0.15) is 18.4 Å². The van der Waals surface area contributed by atoms with Gasteiger partial charge in [-0.25, -0.2) is 4.98 Å². The number of anilines is 1. The maximum Gasteiger partial charge on any atom is 0.142 e. The molecule has 1 saturated carbocycles. The molecule has 0 bridgehead atoms. The van der Waals surface area contributed by atoms with Crippen LogP contribution in [0.4, 0.5) is 5.82 Å². The Bertz CT molecular complexity index is 375. The Morgan fingerprint density at radius 2 is 2.19 bits per heavy atom. The second-order valence-electron chi connectivity index (χ2n) is 4.63. The summed E-state index contributed by atoms with van der Waals surface area (Å²) in [6.45, 7) is 3.15. The number of aromatic nitrogens is 1. The van der Waals surface area contributed by atoms with E-state index in [0.29, 0.717) is 0 Å². The van der Waals surface area contributed by atoms with E-state index in [9.17, 15) is 0 Å². The molecule has 4 heteroatoms. The summed E-state index contributed by atoms with van der Waals surface area (Å²) in [4.78, 5) is 7.46. The smallest absolute Gasteiger partial charge is 0.142 e. The van der Waals surface area contributed by atoms with Gasteiger partial charge in [0, 0.05) is 24.6 Å². The van der Waals surface area contributed by atoms with Crippen molar-refractivity contribution in [2.24, 2.45) is 5.92 Å². The predicted octanol–water partition coefficient (Wildman–Crippen LogP) is 3.76. The van der Waals surface area contributed by atoms with E-state index < -0.39 is 0 Å². The Kier molecular flexibility index (Phi) is 3.90. The monoisotopic (exact) mass is 346 g/mol. The highest BCUT2D eigenvalue weighted by atomic mass is 79.9. The van der Waals surface area contributed by atoms with Crippen molar-refractivity contribution in [2.45, 2.75) is 24.6 Å². The largest absolute Gasteiger partial charge is 0.358 e. The van der Waals surface area contributed by atoms with Crippen LogP contribution in [0.3, 0.4) is 0 Å². The Hall–Kier alpha value is -0.0900. The highest BCUT2D eigenvalue weighted by Crippen LogP contribution is 2.35. The molecule has 1 heterocycles. The standard InChI is InChI=1S/C12H16Br2N2/c1-8-3-11(14)12(15-6-8)16(2)7-9-4-10(13)5-9/h3,6,9-10H,4-5,7H2,1-2H3. The summed E-state index contributed by atoms with van der Waals surface area (Å²) in [5.74, 6) is 1.85. The molecule has 0 aliphatic heterocycles. The van der Waals surface area contributed by atoms with Gasteiger partial charge in [0.25, 0.3) is 0 Å². The van der Waals surface area contributed by atoms with Gasteiger partial charge in [0.1, 0.15) is 5.82 Å². The molecule has 0 unspecified atom stereocenters. The Balaban J connectivity index is 2.00. The van der Waals surface area contributed by atoms with Crippen LogP contribution >= 0.6 is 31.9 Å². The first kappa shape index (κ1) is 12.4. The quantitative estimate of drug-likeness (QED) is 0.774. The molecule has 2 rings (SSSR count). The summed E-state index contributed by atoms with van der Waals surface area (Å²) in [5, 5.41) is 0. The molecule has 0 amide bonds. The van der Waals surface area contributed by atoms with Crippen LogP contribution in [-0.2, 0) is 0 Å². The summed E-state index contributed by atoms with van der Waals surface area (Å²) < 4.78 is 1.09. The van der Waals surface area contributed by atoms with Gasteiger partial charge in [-0.15, -0.1) is 0 Å². The molecule has 0 N–H and O–H groups in total. The lowest BCUT2D eigenvalue weighted by molar-refractivity contribution is 0.338. The zero-order chi connectivity index (χ0) is 11.7. The second-order valence-corrected chi connectivity index (χ2v) is 6.78. The van der Waals surface area contributed by atoms with Crippen LogP contribution in [-0.4, -0.2) is 23.4 Å². The van der Waals surface area contributed by atoms with Gasteiger partial charge in [-0.1, -0.05) is 15.9 Å². The molecule has 1 aromatic rings. The molecule has 88 valence electrons. The van der Waals surface area contributed by atoms with Gasteiger partial charge in [-0.2, -0.15) is 0 Å². The molecule has 1 aromatic heterocycles. The molecule has 0 radical (unpaired) electrons. The maximum absolute atomic E-state index is 4.48. The average molecular weight is 348 g/mol. The molecule has 1 aliphatic rings. The SMILES string of the molecule is Cc1cnc(N(C)CC2CC(Br)C2)c(Br)c1. The fourth-order valence-electron chi connectivity index (χ4n) is 2.08. The lowest BCUT2D eigenvalue weighted by atomic mass is 9.85. The number of nitrogens with zero attached hydrogens (tertiary/aromatic N) is 2. The van der Waals surface area contributed by atoms with Crippen molar-refractivity contribution < 1.29 is 0 Å². The number of hydrogen-bond acceptors (Lipinski definition) is 2. The van der Waals surface area contributed by atoms with E-state index in [1.165, 1.54) is 18.4 Å². The van der Waals surface area contributed by atoms with Gasteiger partial charge in [0.05, 0.1) is 4.47 Å². The summed E-state index contributed by atoms with van der Waals surface area (Å²) >= 11 is 7.20. The predicted molar refractivity (Wildman–Crippen MR) is 75.4 cm³/mol. The number of rotatable bonds is 3. The first-order chi connectivity index (χ1) is 7.56. The third kappa shape index (κ3) is 2.77. The zero-order valence-electron chi connectivity index (χ0n) is 9.58. The molecule has 1 fully saturated rings. The van der Waals surface area contributed by atoms with E-state index in [0.717, 1.165) is 27.6 Å². The van der Waals surface area contributed by atoms with E-state index in [2.05, 4.69) is 61.8 Å². The van der Waals surface area contributed by atoms with Crippen LogP contribution in [0.25, 0.3) is 0 Å². The van der Waals surface area contributed by atoms with Gasteiger partial charge in [-0.3, -0.25) is 0 Å². The first-order valence-electron chi connectivity index (χ1n) is 5.53. The fraction of sp³-hybridized carbons (Fsp3) is 0.583. The lowest BCUT2D eigenvalue weighted by Crippen LogP contribution is -2.35. The molecular formula is C12H16Br2N2. The van der Waals surface area contributed by atoms with Gasteiger partial charge >= 0.3 is 0 Å². The van der Waals surface area contributed by atoms with Crippen LogP contribution < -0.4 is 4.90 Å². The Morgan fingerprint density at radius 3 is 2.75 bits per heavy atom. The van der Waals surface area contributed by atoms with Crippen molar-refractivity contribution in [3.05, 3.63) is 22.3 Å². The van der Waals surface area contributed by atoms with Crippen molar-refractivity contribution in [3.63, 3.8) is 0 Å². The minimum Gasteiger partial charge on any atom is -0.358 e. The normalized spacial score (nSPS) is 24.0. The minimum absolute atomic E-state index is 0.736. The van der Waals surface area contributed by atoms with Crippen LogP contribution in [0.5, 0.6) is 0 Å². The topological polar surface area (TPSA) is 16.1 Å². The summed E-state index contributed by atoms with van der Waals surface area (Å²) in [5.41, 5.74) is 1.19. The van der Waals surface area contributed by atoms with E-state index in [-0.39, 0.29) is 0 Å². The van der Waals surface area contributed by atoms with Crippen molar-refractivity contribution in [2.75, 3.05) is 18.5 Å². The van der Waals surface area contributed by atoms with Gasteiger partial charge in [0.2, 0.25) is 0 Å². The molecule has 0 atom stereocenters. The first-order valence-corrected chi connectivity index (χ1v) is 7.24. The zero-order valence-corrected chi connectivity index (χ0v) is 12.8. The van der Waals surface area contributed by atoms with Gasteiger partial charge < -0.3 is 4.90 Å². The van der Waals surface area contributed by atoms with Crippen molar-refractivity contribution in [1.29, 1.82) is 0 Å². The summed E-state index contributed by atoms with van der Waals surface area (Å²) in [6, 6.07) is 2.12. The molecule has 0 aromatic carbocycles. The minimum atomic E-state index is 0.736. The van der Waals surface area contributed by atoms with E-state index >= 15 is 0 Å². The van der Waals surface area contributed by atoms with E-state index in [1.807, 2.05) is 6.20 Å². The molecular weight excluding hydrogens is 332 g/mol. The molecule has 1 aliphatic carbocycles. The highest BCUT2D eigenvalue weighted by Gasteiger charge is 2.28. The lowest BCUT2D eigenvalue weighted by Gasteiger charge is -2.35. The van der Waals surface area contributed by atoms with Crippen LogP contribution in [0, 0.1) is 12.8 Å². The van der Waals surface area contributed by atoms with E-state index in [4.69, 9.17) is 0 Å². The number of halogens is 2. The van der Waals surface area contributed by atoms with Crippen LogP contribution in [0.15, 0.2) is 16.7 Å². The summed E-state index contributed by atoms with van der Waals surface area (Å²) in [7, 11) is 2.12. The number of pyridine rings is 1. The van der Waals surface area contributed by atoms with Crippen molar-refractivity contribution >= 4 is 37.7 Å². The van der Waals surface area contributed by atoms with Crippen molar-refractivity contribution in [3.8, 4) is 0 Å². The molecule has 16 heavy (non-hydrogen) atoms. The number of hydrogen-bond donors (Lipinski definition) is 0. The van der Waals surface area contributed by atoms with Crippen molar-refractivity contribution in [1.82, 2.24) is 4.98 Å². The van der Waals surface area contributed by atoms with Gasteiger partial charge in [0.15, 0.2) is 0 Å². The van der Waals surface area contributed by atoms with Gasteiger partial charge in [-0.05, 0) is 53.2 Å². The number of alkyl halides is 1. The third-order valence-corrected chi connectivity index (χ3v) is 4.36. The summed E-state index contributed by atoms with van der Waals surface area (Å²) in [6.07, 6.45) is 4.49. The maximum atomic E-state index is 4.48. The fourth-order valence-corrected chi connectivity index (χ4v) is 3.91. The molecule has 0 spiro atoms. The number of aryl methyl sites for hydroxylation is 1. The Morgan fingerprint density at radius 1 is 1.50 bits per heavy atom. The van der Waals surface area contributed by atoms with E-state index in [1.54, 1.807) is 0 Å². The third-order valence-electron chi connectivity index (χ3n) is 3.03. The second kappa shape index (κ2) is 5.05. The van der Waals surface area contributed by atoms with Crippen LogP contribution in [0.2, 0.25) is 0 Å². The molecule has 2 nitrogen and oxygen atoms in total. The average Bonchev–Trinajstić information content (AvgIpc) is 2.15. The Labute approximate surface area is 114 Å².